The van der Waals surface area contributed by atoms with Crippen LogP contribution in [0.4, 0.5) is 11.4 Å². The lowest BCUT2D eigenvalue weighted by molar-refractivity contribution is -0.151. The van der Waals surface area contributed by atoms with Crippen LogP contribution in [0.25, 0.3) is 0 Å². The highest BCUT2D eigenvalue weighted by Gasteiger charge is 2.36. The summed E-state index contributed by atoms with van der Waals surface area (Å²) < 4.78 is 10.4. The van der Waals surface area contributed by atoms with Crippen molar-refractivity contribution in [3.8, 4) is 0 Å². The maximum absolute atomic E-state index is 12.5. The molecule has 1 atom stereocenters. The van der Waals surface area contributed by atoms with E-state index < -0.39 is 30.4 Å². The normalized spacial score (nSPS) is 15.2. The fourth-order valence-electron chi connectivity index (χ4n) is 3.67. The second-order valence-corrected chi connectivity index (χ2v) is 8.32. The molecule has 1 aliphatic rings. The number of hydrogen-bond acceptors (Lipinski definition) is 6. The number of anilines is 2. The van der Waals surface area contributed by atoms with Crippen molar-refractivity contribution in [2.24, 2.45) is 5.92 Å². The predicted octanol–water partition coefficient (Wildman–Crippen LogP) is 3.88. The second-order valence-electron chi connectivity index (χ2n) is 8.32. The summed E-state index contributed by atoms with van der Waals surface area (Å²) in [6, 6.07) is 13.8. The molecule has 3 rings (SSSR count). The van der Waals surface area contributed by atoms with E-state index in [0.29, 0.717) is 23.5 Å². The summed E-state index contributed by atoms with van der Waals surface area (Å²) in [7, 11) is 0. The van der Waals surface area contributed by atoms with Crippen LogP contribution in [-0.2, 0) is 23.9 Å². The molecule has 1 heterocycles. The average molecular weight is 467 g/mol. The highest BCUT2D eigenvalue weighted by Crippen LogP contribution is 2.26. The Morgan fingerprint density at radius 1 is 1.06 bits per heavy atom. The summed E-state index contributed by atoms with van der Waals surface area (Å²) >= 11 is 0. The van der Waals surface area contributed by atoms with E-state index in [2.05, 4.69) is 12.2 Å². The lowest BCUT2D eigenvalue weighted by atomic mass is 10.1. The summed E-state index contributed by atoms with van der Waals surface area (Å²) in [6.07, 6.45) is 2.88. The molecule has 2 aromatic carbocycles. The van der Waals surface area contributed by atoms with Gasteiger partial charge in [-0.3, -0.25) is 14.4 Å². The van der Waals surface area contributed by atoms with Crippen LogP contribution < -0.4 is 10.2 Å². The van der Waals surface area contributed by atoms with Gasteiger partial charge in [-0.15, -0.1) is 0 Å². The van der Waals surface area contributed by atoms with Crippen molar-refractivity contribution in [1.82, 2.24) is 0 Å². The number of esters is 2. The van der Waals surface area contributed by atoms with Gasteiger partial charge in [0.25, 0.3) is 5.91 Å². The van der Waals surface area contributed by atoms with Crippen molar-refractivity contribution >= 4 is 35.1 Å². The Kier molecular flexibility index (Phi) is 8.79. The van der Waals surface area contributed by atoms with Crippen molar-refractivity contribution in [3.63, 3.8) is 0 Å². The molecule has 0 bridgehead atoms. The third-order valence-electron chi connectivity index (χ3n) is 5.50. The molecule has 180 valence electrons. The summed E-state index contributed by atoms with van der Waals surface area (Å²) in [5.74, 6) is -2.33. The van der Waals surface area contributed by atoms with Crippen molar-refractivity contribution in [2.75, 3.05) is 30.0 Å². The van der Waals surface area contributed by atoms with Gasteiger partial charge in [-0.1, -0.05) is 31.9 Å². The molecule has 2 amide bonds. The Balaban J connectivity index is 1.48. The van der Waals surface area contributed by atoms with Gasteiger partial charge in [-0.05, 0) is 55.3 Å². The van der Waals surface area contributed by atoms with E-state index >= 15 is 0 Å². The van der Waals surface area contributed by atoms with Gasteiger partial charge in [0, 0.05) is 24.3 Å². The zero-order valence-corrected chi connectivity index (χ0v) is 19.5. The van der Waals surface area contributed by atoms with Gasteiger partial charge in [0.2, 0.25) is 5.91 Å². The molecular weight excluding hydrogens is 436 g/mol. The molecule has 2 aromatic rings. The maximum Gasteiger partial charge on any atom is 0.338 e. The van der Waals surface area contributed by atoms with Gasteiger partial charge in [0.15, 0.2) is 6.61 Å². The van der Waals surface area contributed by atoms with Crippen LogP contribution in [0.2, 0.25) is 0 Å². The number of aryl methyl sites for hydroxylation is 1. The third kappa shape index (κ3) is 6.91. The molecule has 1 fully saturated rings. The molecular formula is C26H30N2O6. The van der Waals surface area contributed by atoms with Gasteiger partial charge in [-0.25, -0.2) is 4.79 Å². The average Bonchev–Trinajstić information content (AvgIpc) is 3.22. The molecule has 1 saturated heterocycles. The Morgan fingerprint density at radius 2 is 1.82 bits per heavy atom. The number of hydrogen-bond donors (Lipinski definition) is 1. The van der Waals surface area contributed by atoms with E-state index in [0.717, 1.165) is 24.8 Å². The molecule has 0 aromatic heterocycles. The van der Waals surface area contributed by atoms with Crippen LogP contribution in [0.3, 0.4) is 0 Å². The number of unbranched alkanes of at least 4 members (excludes halogenated alkanes) is 2. The van der Waals surface area contributed by atoms with Crippen LogP contribution in [0, 0.1) is 12.8 Å². The zero-order chi connectivity index (χ0) is 24.5. The number of carbonyl (C=O) groups excluding carboxylic acids is 4. The van der Waals surface area contributed by atoms with Gasteiger partial charge in [0.1, 0.15) is 0 Å². The molecule has 8 nitrogen and oxygen atoms in total. The predicted molar refractivity (Wildman–Crippen MR) is 127 cm³/mol. The first-order valence-corrected chi connectivity index (χ1v) is 11.5. The van der Waals surface area contributed by atoms with E-state index in [9.17, 15) is 19.2 Å². The summed E-state index contributed by atoms with van der Waals surface area (Å²) in [5.41, 5.74) is 2.61. The van der Waals surface area contributed by atoms with E-state index in [1.807, 2.05) is 25.1 Å². The quantitative estimate of drug-likeness (QED) is 0.421. The Hall–Kier alpha value is -3.68. The number of benzene rings is 2. The van der Waals surface area contributed by atoms with Crippen LogP contribution >= 0.6 is 0 Å². The molecule has 8 heteroatoms. The molecule has 1 N–H and O–H groups in total. The number of amides is 2. The Morgan fingerprint density at radius 3 is 2.53 bits per heavy atom. The third-order valence-corrected chi connectivity index (χ3v) is 5.50. The SMILES string of the molecule is CCCCCOC(=O)c1ccc(N2C[C@@H](C(=O)OCC(=O)Nc3cccc(C)c3)CC2=O)cc1. The van der Waals surface area contributed by atoms with E-state index in [-0.39, 0.29) is 18.9 Å². The number of nitrogens with zero attached hydrogens (tertiary/aromatic N) is 1. The zero-order valence-electron chi connectivity index (χ0n) is 19.5. The topological polar surface area (TPSA) is 102 Å². The molecule has 0 saturated carbocycles. The highest BCUT2D eigenvalue weighted by atomic mass is 16.5. The number of ether oxygens (including phenoxy) is 2. The first kappa shape index (κ1) is 25.0. The fourth-order valence-corrected chi connectivity index (χ4v) is 3.67. The highest BCUT2D eigenvalue weighted by molar-refractivity contribution is 6.00. The van der Waals surface area contributed by atoms with Gasteiger partial charge >= 0.3 is 11.9 Å². The Bertz CT molecular complexity index is 1030. The number of rotatable bonds is 10. The molecule has 0 aliphatic carbocycles. The second kappa shape index (κ2) is 12.0. The minimum Gasteiger partial charge on any atom is -0.462 e. The van der Waals surface area contributed by atoms with Crippen molar-refractivity contribution < 1.29 is 28.7 Å². The van der Waals surface area contributed by atoms with E-state index in [1.54, 1.807) is 30.3 Å². The monoisotopic (exact) mass is 466 g/mol. The lowest BCUT2D eigenvalue weighted by Gasteiger charge is -2.17. The summed E-state index contributed by atoms with van der Waals surface area (Å²) in [4.78, 5) is 50.6. The number of nitrogens with one attached hydrogen (secondary N) is 1. The molecule has 0 spiro atoms. The van der Waals surface area contributed by atoms with Gasteiger partial charge < -0.3 is 19.7 Å². The van der Waals surface area contributed by atoms with Crippen LogP contribution in [0.1, 0.15) is 48.5 Å². The lowest BCUT2D eigenvalue weighted by Crippen LogP contribution is -2.28. The summed E-state index contributed by atoms with van der Waals surface area (Å²) in [6.45, 7) is 4.09. The van der Waals surface area contributed by atoms with E-state index in [4.69, 9.17) is 9.47 Å². The molecule has 1 aliphatic heterocycles. The summed E-state index contributed by atoms with van der Waals surface area (Å²) in [5, 5.41) is 2.67. The van der Waals surface area contributed by atoms with Crippen LogP contribution in [0.15, 0.2) is 48.5 Å². The first-order chi connectivity index (χ1) is 16.4. The minimum atomic E-state index is -0.664. The van der Waals surface area contributed by atoms with Crippen LogP contribution in [0.5, 0.6) is 0 Å². The standard InChI is InChI=1S/C26H30N2O6/c1-3-4-5-13-33-25(31)19-9-11-22(12-10-19)28-16-20(15-24(28)30)26(32)34-17-23(29)27-21-8-6-7-18(2)14-21/h6-12,14,20H,3-5,13,15-17H2,1-2H3,(H,27,29)/t20-/m0/s1. The van der Waals surface area contributed by atoms with Gasteiger partial charge in [0.05, 0.1) is 18.1 Å². The first-order valence-electron chi connectivity index (χ1n) is 11.5. The minimum absolute atomic E-state index is 0.000442. The number of carbonyl (C=O) groups is 4. The molecule has 34 heavy (non-hydrogen) atoms. The Labute approximate surface area is 199 Å². The maximum atomic E-state index is 12.5. The van der Waals surface area contributed by atoms with Crippen molar-refractivity contribution in [1.29, 1.82) is 0 Å². The smallest absolute Gasteiger partial charge is 0.338 e. The molecule has 0 unspecified atom stereocenters. The van der Waals surface area contributed by atoms with Crippen LogP contribution in [-0.4, -0.2) is 43.5 Å². The van der Waals surface area contributed by atoms with Gasteiger partial charge in [-0.2, -0.15) is 0 Å². The van der Waals surface area contributed by atoms with Crippen molar-refractivity contribution in [2.45, 2.75) is 39.5 Å². The largest absolute Gasteiger partial charge is 0.462 e. The molecule has 0 radical (unpaired) electrons. The fraction of sp³-hybridized carbons (Fsp3) is 0.385. The van der Waals surface area contributed by atoms with E-state index in [1.165, 1.54) is 4.90 Å². The van der Waals surface area contributed by atoms with Crippen molar-refractivity contribution in [3.05, 3.63) is 59.7 Å².